The summed E-state index contributed by atoms with van der Waals surface area (Å²) in [7, 11) is 0. The second kappa shape index (κ2) is 11.8. The minimum absolute atomic E-state index is 0.155. The number of hydrogen-bond donors (Lipinski definition) is 0. The van der Waals surface area contributed by atoms with Crippen molar-refractivity contribution in [3.63, 3.8) is 0 Å². The van der Waals surface area contributed by atoms with Crippen LogP contribution in [0.2, 0.25) is 0 Å². The average Bonchev–Trinajstić information content (AvgIpc) is 3.23. The van der Waals surface area contributed by atoms with E-state index in [-0.39, 0.29) is 23.7 Å². The first-order valence-corrected chi connectivity index (χ1v) is 14.0. The number of benzene rings is 3. The van der Waals surface area contributed by atoms with E-state index in [1.165, 1.54) is 21.6 Å². The summed E-state index contributed by atoms with van der Waals surface area (Å²) in [5.74, 6) is -0.441. The van der Waals surface area contributed by atoms with Crippen molar-refractivity contribution in [3.05, 3.63) is 119 Å². The van der Waals surface area contributed by atoms with E-state index < -0.39 is 5.41 Å². The van der Waals surface area contributed by atoms with Gasteiger partial charge in [-0.3, -0.25) is 19.3 Å². The largest absolute Gasteiger partial charge is 0.466 e. The van der Waals surface area contributed by atoms with Crippen LogP contribution in [0, 0.1) is 5.92 Å². The zero-order valence-corrected chi connectivity index (χ0v) is 22.5. The Kier molecular flexibility index (Phi) is 8.06. The van der Waals surface area contributed by atoms with Gasteiger partial charge in [0.25, 0.3) is 11.8 Å². The summed E-state index contributed by atoms with van der Waals surface area (Å²) in [4.78, 5) is 39.8. The molecule has 0 saturated carbocycles. The number of nitrogens with zero attached hydrogens (tertiary/aromatic N) is 1. The number of amides is 2. The predicted octanol–water partition coefficient (Wildman–Crippen LogP) is 6.73. The van der Waals surface area contributed by atoms with E-state index in [4.69, 9.17) is 4.74 Å². The molecule has 0 unspecified atom stereocenters. The maximum atomic E-state index is 12.9. The van der Waals surface area contributed by atoms with Crippen LogP contribution in [-0.2, 0) is 14.9 Å². The molecule has 0 radical (unpaired) electrons. The number of rotatable bonds is 10. The Morgan fingerprint density at radius 3 is 2.00 bits per heavy atom. The Labute approximate surface area is 230 Å². The highest BCUT2D eigenvalue weighted by molar-refractivity contribution is 6.21. The lowest BCUT2D eigenvalue weighted by molar-refractivity contribution is -0.143. The van der Waals surface area contributed by atoms with E-state index in [9.17, 15) is 14.4 Å². The van der Waals surface area contributed by atoms with Crippen molar-refractivity contribution in [2.24, 2.45) is 5.92 Å². The van der Waals surface area contributed by atoms with Crippen molar-refractivity contribution in [1.29, 1.82) is 0 Å². The molecule has 200 valence electrons. The molecule has 0 spiro atoms. The summed E-state index contributed by atoms with van der Waals surface area (Å²) < 4.78 is 5.34. The van der Waals surface area contributed by atoms with Gasteiger partial charge in [-0.05, 0) is 68.2 Å². The quantitative estimate of drug-likeness (QED) is 0.169. The fourth-order valence-electron chi connectivity index (χ4n) is 6.37. The van der Waals surface area contributed by atoms with Crippen LogP contribution in [0.4, 0.5) is 0 Å². The van der Waals surface area contributed by atoms with Gasteiger partial charge in [-0.15, -0.1) is 0 Å². The van der Waals surface area contributed by atoms with Gasteiger partial charge in [0.05, 0.1) is 17.7 Å². The molecule has 1 aliphatic carbocycles. The van der Waals surface area contributed by atoms with E-state index in [1.54, 1.807) is 24.3 Å². The monoisotopic (exact) mass is 521 g/mol. The van der Waals surface area contributed by atoms with Gasteiger partial charge >= 0.3 is 5.97 Å². The Morgan fingerprint density at radius 2 is 1.44 bits per heavy atom. The van der Waals surface area contributed by atoms with E-state index in [2.05, 4.69) is 54.6 Å². The van der Waals surface area contributed by atoms with Crippen LogP contribution in [0.25, 0.3) is 0 Å². The number of ether oxygens (including phenoxy) is 1. The minimum Gasteiger partial charge on any atom is -0.466 e. The molecule has 2 aliphatic rings. The molecule has 1 aliphatic heterocycles. The van der Waals surface area contributed by atoms with Crippen LogP contribution in [0.1, 0.15) is 77.3 Å². The van der Waals surface area contributed by atoms with Gasteiger partial charge in [0.2, 0.25) is 0 Å². The van der Waals surface area contributed by atoms with E-state index in [1.807, 2.05) is 19.1 Å². The smallest absolute Gasteiger partial charge is 0.305 e. The first-order chi connectivity index (χ1) is 19.0. The number of carbonyl (C=O) groups is 3. The van der Waals surface area contributed by atoms with Crippen LogP contribution in [-0.4, -0.2) is 35.8 Å². The van der Waals surface area contributed by atoms with E-state index in [0.29, 0.717) is 43.5 Å². The van der Waals surface area contributed by atoms with Gasteiger partial charge in [-0.1, -0.05) is 84.4 Å². The highest BCUT2D eigenvalue weighted by Gasteiger charge is 2.42. The number of esters is 1. The summed E-state index contributed by atoms with van der Waals surface area (Å²) in [6.45, 7) is 2.58. The molecule has 1 atom stereocenters. The molecule has 1 heterocycles. The number of hydrogen-bond acceptors (Lipinski definition) is 4. The highest BCUT2D eigenvalue weighted by Crippen LogP contribution is 2.48. The summed E-state index contributed by atoms with van der Waals surface area (Å²) in [6.07, 6.45) is 6.92. The number of fused-ring (bicyclic) bond motifs is 1. The molecule has 0 bridgehead atoms. The fraction of sp³-hybridized carbons (Fsp3) is 0.324. The molecule has 3 aromatic carbocycles. The van der Waals surface area contributed by atoms with Crippen molar-refractivity contribution in [3.8, 4) is 0 Å². The van der Waals surface area contributed by atoms with Gasteiger partial charge in [-0.25, -0.2) is 0 Å². The van der Waals surface area contributed by atoms with Gasteiger partial charge in [0.1, 0.15) is 0 Å². The van der Waals surface area contributed by atoms with Gasteiger partial charge in [-0.2, -0.15) is 0 Å². The molecule has 5 nitrogen and oxygen atoms in total. The zero-order chi connectivity index (χ0) is 27.2. The van der Waals surface area contributed by atoms with Crippen LogP contribution in [0.15, 0.2) is 96.6 Å². The molecular formula is C34H35NO4. The molecule has 0 aromatic heterocycles. The lowest BCUT2D eigenvalue weighted by atomic mass is 9.60. The Balaban J connectivity index is 1.46. The molecule has 39 heavy (non-hydrogen) atoms. The molecule has 0 fully saturated rings. The van der Waals surface area contributed by atoms with Crippen LogP contribution < -0.4 is 0 Å². The number of carbonyl (C=O) groups excluding carboxylic acids is 3. The second-order valence-corrected chi connectivity index (χ2v) is 10.4. The molecule has 3 aromatic rings. The van der Waals surface area contributed by atoms with Crippen molar-refractivity contribution in [2.45, 2.75) is 50.9 Å². The SMILES string of the molecule is CCOC(=O)CCC(c1ccccc1)(c1ccccc1)[C@@H]1C=C(CCN2C(=O)c3ccccc3C2=O)CCC1. The van der Waals surface area contributed by atoms with Gasteiger partial charge in [0.15, 0.2) is 0 Å². The first-order valence-electron chi connectivity index (χ1n) is 14.0. The Morgan fingerprint density at radius 1 is 0.872 bits per heavy atom. The lowest BCUT2D eigenvalue weighted by Crippen LogP contribution is -2.38. The van der Waals surface area contributed by atoms with Crippen molar-refractivity contribution < 1.29 is 19.1 Å². The average molecular weight is 522 g/mol. The zero-order valence-electron chi connectivity index (χ0n) is 22.5. The van der Waals surface area contributed by atoms with Gasteiger partial charge < -0.3 is 4.74 Å². The molecule has 0 saturated heterocycles. The summed E-state index contributed by atoms with van der Waals surface area (Å²) >= 11 is 0. The molecular weight excluding hydrogens is 486 g/mol. The molecule has 5 heteroatoms. The maximum absolute atomic E-state index is 12.9. The first kappa shape index (κ1) is 26.6. The topological polar surface area (TPSA) is 63.7 Å². The molecule has 5 rings (SSSR count). The third kappa shape index (κ3) is 5.31. The predicted molar refractivity (Wildman–Crippen MR) is 151 cm³/mol. The Hall–Kier alpha value is -3.99. The van der Waals surface area contributed by atoms with Crippen LogP contribution >= 0.6 is 0 Å². The summed E-state index contributed by atoms with van der Waals surface area (Å²) in [5.41, 5.74) is 4.20. The fourth-order valence-corrected chi connectivity index (χ4v) is 6.37. The lowest BCUT2D eigenvalue weighted by Gasteiger charge is -2.43. The third-order valence-electron chi connectivity index (χ3n) is 8.22. The van der Waals surface area contributed by atoms with E-state index in [0.717, 1.165) is 19.3 Å². The second-order valence-electron chi connectivity index (χ2n) is 10.4. The molecule has 2 amide bonds. The Bertz CT molecular complexity index is 1290. The van der Waals surface area contributed by atoms with Crippen LogP contribution in [0.5, 0.6) is 0 Å². The number of allylic oxidation sites excluding steroid dienone is 1. The van der Waals surface area contributed by atoms with Gasteiger partial charge in [0, 0.05) is 18.4 Å². The summed E-state index contributed by atoms with van der Waals surface area (Å²) in [5, 5.41) is 0. The highest BCUT2D eigenvalue weighted by atomic mass is 16.5. The summed E-state index contributed by atoms with van der Waals surface area (Å²) in [6, 6.07) is 28.0. The van der Waals surface area contributed by atoms with Crippen molar-refractivity contribution >= 4 is 17.8 Å². The van der Waals surface area contributed by atoms with Crippen molar-refractivity contribution in [1.82, 2.24) is 4.90 Å². The third-order valence-corrected chi connectivity index (χ3v) is 8.22. The standard InChI is InChI=1S/C34H35NO4/c1-2-39-31(36)20-22-34(26-13-5-3-6-14-26,27-15-7-4-8-16-27)28-17-11-12-25(24-28)21-23-35-32(37)29-18-9-10-19-30(29)33(35)38/h3-10,13-16,18-19,24,28H,2,11-12,17,20-23H2,1H3/t28-/m0/s1. The molecule has 0 N–H and O–H groups in total. The number of imide groups is 1. The van der Waals surface area contributed by atoms with E-state index >= 15 is 0 Å². The van der Waals surface area contributed by atoms with Crippen LogP contribution in [0.3, 0.4) is 0 Å². The minimum atomic E-state index is -0.406. The van der Waals surface area contributed by atoms with Crippen molar-refractivity contribution in [2.75, 3.05) is 13.2 Å². The maximum Gasteiger partial charge on any atom is 0.305 e. The normalized spacial score (nSPS) is 17.1.